The van der Waals surface area contributed by atoms with Crippen molar-refractivity contribution in [2.75, 3.05) is 5.32 Å². The molecule has 0 unspecified atom stereocenters. The van der Waals surface area contributed by atoms with Crippen LogP contribution in [-0.4, -0.2) is 14.5 Å². The third kappa shape index (κ3) is 1.87. The molecule has 0 bridgehead atoms. The summed E-state index contributed by atoms with van der Waals surface area (Å²) in [5, 5.41) is 5.37. The maximum absolute atomic E-state index is 4.30. The minimum Gasteiger partial charge on any atom is -0.350 e. The molecule has 0 aliphatic heterocycles. The molecular weight excluding hydrogens is 208 g/mol. The standard InChI is InChI=1S/C10H12N4S/c1-2-9(1)14-4-3-11-10(14)12-5-8-6-15-7-13-8/h3-4,6-7,9H,1-2,5H2,(H,11,12). The number of anilines is 1. The Morgan fingerprint density at radius 3 is 3.13 bits per heavy atom. The van der Waals surface area contributed by atoms with E-state index < -0.39 is 0 Å². The lowest BCUT2D eigenvalue weighted by molar-refractivity contribution is 0.742. The zero-order valence-electron chi connectivity index (χ0n) is 8.26. The molecule has 3 rings (SSSR count). The summed E-state index contributed by atoms with van der Waals surface area (Å²) >= 11 is 1.62. The molecule has 5 heteroatoms. The van der Waals surface area contributed by atoms with E-state index in [1.54, 1.807) is 11.3 Å². The predicted molar refractivity (Wildman–Crippen MR) is 59.9 cm³/mol. The molecule has 78 valence electrons. The van der Waals surface area contributed by atoms with Crippen LogP contribution < -0.4 is 5.32 Å². The summed E-state index contributed by atoms with van der Waals surface area (Å²) in [5.74, 6) is 0.963. The second-order valence-corrected chi connectivity index (χ2v) is 4.44. The predicted octanol–water partition coefficient (Wildman–Crippen LogP) is 2.29. The fourth-order valence-corrected chi connectivity index (χ4v) is 2.15. The van der Waals surface area contributed by atoms with Gasteiger partial charge in [-0.2, -0.15) is 0 Å². The Balaban J connectivity index is 1.68. The first-order valence-electron chi connectivity index (χ1n) is 5.07. The van der Waals surface area contributed by atoms with E-state index >= 15 is 0 Å². The van der Waals surface area contributed by atoms with E-state index in [1.807, 2.05) is 17.9 Å². The van der Waals surface area contributed by atoms with Gasteiger partial charge in [0.1, 0.15) is 0 Å². The number of rotatable bonds is 4. The molecule has 0 radical (unpaired) electrons. The Morgan fingerprint density at radius 2 is 2.40 bits per heavy atom. The molecule has 2 heterocycles. The normalized spacial score (nSPS) is 15.5. The molecule has 15 heavy (non-hydrogen) atoms. The SMILES string of the molecule is c1cn(C2CC2)c(NCc2cscn2)n1. The lowest BCUT2D eigenvalue weighted by Gasteiger charge is -2.06. The van der Waals surface area contributed by atoms with Crippen LogP contribution in [0.3, 0.4) is 0 Å². The fourth-order valence-electron chi connectivity index (χ4n) is 1.59. The number of aromatic nitrogens is 3. The summed E-state index contributed by atoms with van der Waals surface area (Å²) in [5.41, 5.74) is 2.93. The minimum atomic E-state index is 0.672. The number of thiazole rings is 1. The average molecular weight is 220 g/mol. The van der Waals surface area contributed by atoms with Gasteiger partial charge in [0.25, 0.3) is 0 Å². The second kappa shape index (κ2) is 3.66. The van der Waals surface area contributed by atoms with E-state index in [0.717, 1.165) is 18.2 Å². The molecule has 1 saturated carbocycles. The van der Waals surface area contributed by atoms with Gasteiger partial charge in [-0.15, -0.1) is 11.3 Å². The summed E-state index contributed by atoms with van der Waals surface area (Å²) in [7, 11) is 0. The molecule has 0 atom stereocenters. The molecular formula is C10H12N4S. The molecule has 2 aromatic rings. The largest absolute Gasteiger partial charge is 0.350 e. The summed E-state index contributed by atoms with van der Waals surface area (Å²) in [6.07, 6.45) is 6.45. The van der Waals surface area contributed by atoms with E-state index in [1.165, 1.54) is 12.8 Å². The van der Waals surface area contributed by atoms with Crippen LogP contribution in [0.2, 0.25) is 0 Å². The third-order valence-electron chi connectivity index (χ3n) is 2.52. The van der Waals surface area contributed by atoms with Crippen molar-refractivity contribution in [3.05, 3.63) is 29.0 Å². The number of hydrogen-bond acceptors (Lipinski definition) is 4. The lowest BCUT2D eigenvalue weighted by Crippen LogP contribution is -2.06. The number of imidazole rings is 1. The highest BCUT2D eigenvalue weighted by Gasteiger charge is 2.25. The topological polar surface area (TPSA) is 42.7 Å². The number of hydrogen-bond donors (Lipinski definition) is 1. The first-order valence-corrected chi connectivity index (χ1v) is 6.01. The molecule has 0 aromatic carbocycles. The van der Waals surface area contributed by atoms with Crippen molar-refractivity contribution in [1.29, 1.82) is 0 Å². The highest BCUT2D eigenvalue weighted by molar-refractivity contribution is 7.07. The van der Waals surface area contributed by atoms with Gasteiger partial charge in [-0.05, 0) is 12.8 Å². The van der Waals surface area contributed by atoms with E-state index in [-0.39, 0.29) is 0 Å². The van der Waals surface area contributed by atoms with Crippen LogP contribution in [-0.2, 0) is 6.54 Å². The summed E-state index contributed by atoms with van der Waals surface area (Å²) in [4.78, 5) is 8.53. The van der Waals surface area contributed by atoms with Gasteiger partial charge in [0.15, 0.2) is 0 Å². The second-order valence-electron chi connectivity index (χ2n) is 3.72. The van der Waals surface area contributed by atoms with Crippen LogP contribution in [0.1, 0.15) is 24.6 Å². The summed E-state index contributed by atoms with van der Waals surface area (Å²) < 4.78 is 2.21. The maximum atomic E-state index is 4.30. The van der Waals surface area contributed by atoms with Gasteiger partial charge < -0.3 is 9.88 Å². The van der Waals surface area contributed by atoms with E-state index in [4.69, 9.17) is 0 Å². The Morgan fingerprint density at radius 1 is 1.47 bits per heavy atom. The van der Waals surface area contributed by atoms with Gasteiger partial charge in [-0.25, -0.2) is 9.97 Å². The smallest absolute Gasteiger partial charge is 0.203 e. The van der Waals surface area contributed by atoms with Crippen LogP contribution in [0.4, 0.5) is 5.95 Å². The van der Waals surface area contributed by atoms with E-state index in [9.17, 15) is 0 Å². The summed E-state index contributed by atoms with van der Waals surface area (Å²) in [6, 6.07) is 0.672. The van der Waals surface area contributed by atoms with Crippen LogP contribution in [0.25, 0.3) is 0 Å². The van der Waals surface area contributed by atoms with Crippen molar-refractivity contribution in [3.63, 3.8) is 0 Å². The van der Waals surface area contributed by atoms with Gasteiger partial charge in [0.05, 0.1) is 17.7 Å². The average Bonchev–Trinajstić information content (AvgIpc) is 2.81. The zero-order valence-corrected chi connectivity index (χ0v) is 9.07. The van der Waals surface area contributed by atoms with Crippen molar-refractivity contribution in [2.45, 2.75) is 25.4 Å². The van der Waals surface area contributed by atoms with Crippen LogP contribution in [0.5, 0.6) is 0 Å². The Labute approximate surface area is 92.0 Å². The molecule has 0 amide bonds. The van der Waals surface area contributed by atoms with Crippen LogP contribution >= 0.6 is 11.3 Å². The molecule has 0 saturated heterocycles. The van der Waals surface area contributed by atoms with Crippen molar-refractivity contribution in [1.82, 2.24) is 14.5 Å². The molecule has 1 N–H and O–H groups in total. The highest BCUT2D eigenvalue weighted by atomic mass is 32.1. The van der Waals surface area contributed by atoms with Gasteiger partial charge in [-0.3, -0.25) is 0 Å². The van der Waals surface area contributed by atoms with Crippen LogP contribution in [0.15, 0.2) is 23.3 Å². The Bertz CT molecular complexity index is 430. The lowest BCUT2D eigenvalue weighted by atomic mass is 10.5. The first kappa shape index (κ1) is 8.91. The molecule has 2 aromatic heterocycles. The van der Waals surface area contributed by atoms with Gasteiger partial charge in [0, 0.05) is 23.8 Å². The number of nitrogens with zero attached hydrogens (tertiary/aromatic N) is 3. The van der Waals surface area contributed by atoms with E-state index in [0.29, 0.717) is 6.04 Å². The Kier molecular flexibility index (Phi) is 2.17. The first-order chi connectivity index (χ1) is 7.43. The van der Waals surface area contributed by atoms with Gasteiger partial charge >= 0.3 is 0 Å². The van der Waals surface area contributed by atoms with Crippen molar-refractivity contribution < 1.29 is 0 Å². The minimum absolute atomic E-state index is 0.672. The highest BCUT2D eigenvalue weighted by Crippen LogP contribution is 2.36. The Hall–Kier alpha value is -1.36. The van der Waals surface area contributed by atoms with Crippen molar-refractivity contribution >= 4 is 17.3 Å². The van der Waals surface area contributed by atoms with E-state index in [2.05, 4.69) is 25.2 Å². The molecule has 0 spiro atoms. The van der Waals surface area contributed by atoms with Gasteiger partial charge in [-0.1, -0.05) is 0 Å². The number of nitrogens with one attached hydrogen (secondary N) is 1. The molecule has 1 aliphatic carbocycles. The van der Waals surface area contributed by atoms with Crippen molar-refractivity contribution in [2.24, 2.45) is 0 Å². The molecule has 1 aliphatic rings. The third-order valence-corrected chi connectivity index (χ3v) is 3.16. The maximum Gasteiger partial charge on any atom is 0.203 e. The van der Waals surface area contributed by atoms with Crippen molar-refractivity contribution in [3.8, 4) is 0 Å². The summed E-state index contributed by atoms with van der Waals surface area (Å²) in [6.45, 7) is 0.757. The monoisotopic (exact) mass is 220 g/mol. The quantitative estimate of drug-likeness (QED) is 0.859. The molecule has 4 nitrogen and oxygen atoms in total. The van der Waals surface area contributed by atoms with Crippen LogP contribution in [0, 0.1) is 0 Å². The molecule has 1 fully saturated rings. The fraction of sp³-hybridized carbons (Fsp3) is 0.400. The van der Waals surface area contributed by atoms with Gasteiger partial charge in [0.2, 0.25) is 5.95 Å². The zero-order chi connectivity index (χ0) is 10.1.